The minimum Gasteiger partial charge on any atom is -0.324 e. The van der Waals surface area contributed by atoms with Gasteiger partial charge in [0.1, 0.15) is 5.82 Å². The lowest BCUT2D eigenvalue weighted by Gasteiger charge is -2.37. The molecule has 2 aromatic carbocycles. The van der Waals surface area contributed by atoms with E-state index in [-0.39, 0.29) is 30.0 Å². The van der Waals surface area contributed by atoms with E-state index >= 15 is 0 Å². The van der Waals surface area contributed by atoms with Crippen molar-refractivity contribution >= 4 is 33.0 Å². The van der Waals surface area contributed by atoms with Crippen molar-refractivity contribution in [3.63, 3.8) is 0 Å². The maximum Gasteiger partial charge on any atom is 0.257 e. The number of nitrogens with one attached hydrogen (secondary N) is 2. The van der Waals surface area contributed by atoms with Crippen LogP contribution in [-0.4, -0.2) is 80.3 Å². The fourth-order valence-electron chi connectivity index (χ4n) is 4.26. The molecule has 2 N–H and O–H groups in total. The van der Waals surface area contributed by atoms with E-state index < -0.39 is 21.6 Å². The van der Waals surface area contributed by atoms with Crippen LogP contribution in [0.2, 0.25) is 0 Å². The largest absolute Gasteiger partial charge is 0.324 e. The SMILES string of the molecule is O=C(CN1CCN(C2CCS(=O)(=O)C2)CC1)Nc1ccccc1C(=O)Nc1ccc(F)cc1. The van der Waals surface area contributed by atoms with Crippen LogP contribution in [0.5, 0.6) is 0 Å². The van der Waals surface area contributed by atoms with Gasteiger partial charge in [0.05, 0.1) is 29.3 Å². The second kappa shape index (κ2) is 9.98. The van der Waals surface area contributed by atoms with Crippen molar-refractivity contribution in [2.45, 2.75) is 12.5 Å². The minimum atomic E-state index is -2.91. The first-order chi connectivity index (χ1) is 15.8. The molecular formula is C23H27FN4O4S. The number of sulfone groups is 1. The first kappa shape index (κ1) is 23.3. The Morgan fingerprint density at radius 2 is 1.67 bits per heavy atom. The topological polar surface area (TPSA) is 98.8 Å². The van der Waals surface area contributed by atoms with Crippen LogP contribution in [0.3, 0.4) is 0 Å². The third-order valence-corrected chi connectivity index (χ3v) is 7.80. The van der Waals surface area contributed by atoms with Gasteiger partial charge in [-0.3, -0.25) is 19.4 Å². The number of rotatable bonds is 6. The Bertz CT molecular complexity index is 1120. The van der Waals surface area contributed by atoms with Gasteiger partial charge in [-0.05, 0) is 42.8 Å². The van der Waals surface area contributed by atoms with Gasteiger partial charge in [-0.1, -0.05) is 12.1 Å². The average Bonchev–Trinajstić information content (AvgIpc) is 3.16. The fraction of sp³-hybridized carbons (Fsp3) is 0.391. The standard InChI is InChI=1S/C23H27FN4O4S/c24-17-5-7-18(8-6-17)25-23(30)20-3-1-2-4-21(20)26-22(29)15-27-10-12-28(13-11-27)19-9-14-33(31,32)16-19/h1-8,19H,9-16H2,(H,25,30)(H,26,29). The van der Waals surface area contributed by atoms with Gasteiger partial charge in [-0.2, -0.15) is 0 Å². The summed E-state index contributed by atoms with van der Waals surface area (Å²) in [7, 11) is -2.91. The van der Waals surface area contributed by atoms with Gasteiger partial charge in [0.15, 0.2) is 9.84 Å². The lowest BCUT2D eigenvalue weighted by atomic mass is 10.1. The quantitative estimate of drug-likeness (QED) is 0.663. The van der Waals surface area contributed by atoms with Gasteiger partial charge in [0, 0.05) is 37.9 Å². The number of para-hydroxylation sites is 1. The van der Waals surface area contributed by atoms with Gasteiger partial charge in [0.2, 0.25) is 5.91 Å². The van der Waals surface area contributed by atoms with Gasteiger partial charge in [-0.15, -0.1) is 0 Å². The number of nitrogens with zero attached hydrogens (tertiary/aromatic N) is 2. The highest BCUT2D eigenvalue weighted by atomic mass is 32.2. The first-order valence-corrected chi connectivity index (χ1v) is 12.7. The summed E-state index contributed by atoms with van der Waals surface area (Å²) in [5.74, 6) is -0.542. The Balaban J connectivity index is 1.30. The number of piperazine rings is 1. The molecule has 4 rings (SSSR count). The van der Waals surface area contributed by atoms with E-state index in [1.165, 1.54) is 24.3 Å². The number of benzene rings is 2. The van der Waals surface area contributed by atoms with Gasteiger partial charge < -0.3 is 10.6 Å². The lowest BCUT2D eigenvalue weighted by Crippen LogP contribution is -2.52. The highest BCUT2D eigenvalue weighted by Crippen LogP contribution is 2.20. The van der Waals surface area contributed by atoms with Crippen molar-refractivity contribution in [1.29, 1.82) is 0 Å². The molecule has 0 saturated carbocycles. The normalized spacial score (nSPS) is 20.9. The molecule has 2 amide bonds. The Hall–Kier alpha value is -2.82. The average molecular weight is 475 g/mol. The van der Waals surface area contributed by atoms with E-state index in [9.17, 15) is 22.4 Å². The third kappa shape index (κ3) is 6.16. The summed E-state index contributed by atoms with van der Waals surface area (Å²) in [6.07, 6.45) is 0.680. The maximum absolute atomic E-state index is 13.1. The number of carbonyl (C=O) groups is 2. The number of anilines is 2. The number of carbonyl (C=O) groups excluding carboxylic acids is 2. The highest BCUT2D eigenvalue weighted by molar-refractivity contribution is 7.91. The molecule has 2 saturated heterocycles. The van der Waals surface area contributed by atoms with Crippen molar-refractivity contribution < 1.29 is 22.4 Å². The van der Waals surface area contributed by atoms with Crippen LogP contribution in [0, 0.1) is 5.82 Å². The van der Waals surface area contributed by atoms with E-state index in [1.807, 2.05) is 4.90 Å². The second-order valence-corrected chi connectivity index (χ2v) is 10.7. The number of hydrogen-bond acceptors (Lipinski definition) is 6. The van der Waals surface area contributed by atoms with Crippen molar-refractivity contribution in [1.82, 2.24) is 9.80 Å². The van der Waals surface area contributed by atoms with Crippen molar-refractivity contribution in [3.05, 3.63) is 59.9 Å². The molecule has 0 aromatic heterocycles. The lowest BCUT2D eigenvalue weighted by molar-refractivity contribution is -0.117. The minimum absolute atomic E-state index is 0.0810. The Morgan fingerprint density at radius 1 is 0.970 bits per heavy atom. The van der Waals surface area contributed by atoms with Crippen LogP contribution >= 0.6 is 0 Å². The fourth-order valence-corrected chi connectivity index (χ4v) is 6.03. The zero-order valence-corrected chi connectivity index (χ0v) is 19.0. The monoisotopic (exact) mass is 474 g/mol. The maximum atomic E-state index is 13.1. The molecule has 176 valence electrons. The van der Waals surface area contributed by atoms with Crippen molar-refractivity contribution in [2.75, 3.05) is 54.9 Å². The van der Waals surface area contributed by atoms with Crippen LogP contribution in [0.25, 0.3) is 0 Å². The molecule has 1 unspecified atom stereocenters. The van der Waals surface area contributed by atoms with Crippen LogP contribution in [0.15, 0.2) is 48.5 Å². The summed E-state index contributed by atoms with van der Waals surface area (Å²) in [4.78, 5) is 29.6. The Morgan fingerprint density at radius 3 is 2.33 bits per heavy atom. The van der Waals surface area contributed by atoms with E-state index in [2.05, 4.69) is 15.5 Å². The summed E-state index contributed by atoms with van der Waals surface area (Å²) in [5, 5.41) is 5.52. The Kier molecular flexibility index (Phi) is 7.06. The van der Waals surface area contributed by atoms with E-state index in [0.29, 0.717) is 36.4 Å². The molecule has 2 heterocycles. The molecule has 8 nitrogen and oxygen atoms in total. The number of halogens is 1. The van der Waals surface area contributed by atoms with E-state index in [4.69, 9.17) is 0 Å². The molecule has 1 atom stereocenters. The van der Waals surface area contributed by atoms with Gasteiger partial charge in [0.25, 0.3) is 5.91 Å². The zero-order chi connectivity index (χ0) is 23.4. The summed E-state index contributed by atoms with van der Waals surface area (Å²) in [5.41, 5.74) is 1.16. The second-order valence-electron chi connectivity index (χ2n) is 8.42. The molecule has 33 heavy (non-hydrogen) atoms. The van der Waals surface area contributed by atoms with Crippen LogP contribution in [0.1, 0.15) is 16.8 Å². The summed E-state index contributed by atoms with van der Waals surface area (Å²) in [6.45, 7) is 2.99. The number of amides is 2. The van der Waals surface area contributed by atoms with Crippen molar-refractivity contribution in [3.8, 4) is 0 Å². The van der Waals surface area contributed by atoms with Crippen molar-refractivity contribution in [2.24, 2.45) is 0 Å². The molecule has 0 spiro atoms. The van der Waals surface area contributed by atoms with Crippen LogP contribution in [0.4, 0.5) is 15.8 Å². The summed E-state index contributed by atoms with van der Waals surface area (Å²) in [6, 6.07) is 12.3. The summed E-state index contributed by atoms with van der Waals surface area (Å²) < 4.78 is 36.5. The molecule has 0 bridgehead atoms. The highest BCUT2D eigenvalue weighted by Gasteiger charge is 2.33. The molecule has 2 aliphatic heterocycles. The molecule has 10 heteroatoms. The van der Waals surface area contributed by atoms with Gasteiger partial charge in [-0.25, -0.2) is 12.8 Å². The molecule has 2 aromatic rings. The first-order valence-electron chi connectivity index (χ1n) is 10.9. The van der Waals surface area contributed by atoms with E-state index in [1.54, 1.807) is 24.3 Å². The van der Waals surface area contributed by atoms with Crippen LogP contribution < -0.4 is 10.6 Å². The third-order valence-electron chi connectivity index (χ3n) is 6.05. The molecule has 0 aliphatic carbocycles. The predicted octanol–water partition coefficient (Wildman–Crippen LogP) is 1.82. The molecule has 0 radical (unpaired) electrons. The molecular weight excluding hydrogens is 447 g/mol. The predicted molar refractivity (Wildman–Crippen MR) is 124 cm³/mol. The molecule has 2 fully saturated rings. The molecule has 2 aliphatic rings. The summed E-state index contributed by atoms with van der Waals surface area (Å²) >= 11 is 0. The number of hydrogen-bond donors (Lipinski definition) is 2. The smallest absolute Gasteiger partial charge is 0.257 e. The Labute approximate surface area is 192 Å². The van der Waals surface area contributed by atoms with Gasteiger partial charge >= 0.3 is 0 Å². The van der Waals surface area contributed by atoms with Crippen LogP contribution in [-0.2, 0) is 14.6 Å². The zero-order valence-electron chi connectivity index (χ0n) is 18.2. The van der Waals surface area contributed by atoms with E-state index in [0.717, 1.165) is 13.1 Å².